The van der Waals surface area contributed by atoms with Crippen LogP contribution in [0.2, 0.25) is 0 Å². The van der Waals surface area contributed by atoms with Gasteiger partial charge in [-0.3, -0.25) is 0 Å². The maximum atomic E-state index is 3.81. The quantitative estimate of drug-likeness (QED) is 0.213. The Morgan fingerprint density at radius 3 is 1.30 bits per heavy atom. The highest BCUT2D eigenvalue weighted by atomic mass is 14.0. The third kappa shape index (κ3) is 14.7. The molecular weight excluding hydrogens is 324 g/mol. The van der Waals surface area contributed by atoms with E-state index < -0.39 is 0 Å². The minimum absolute atomic E-state index is 1.22. The molecule has 154 valence electrons. The highest BCUT2D eigenvalue weighted by molar-refractivity contribution is 5.47. The van der Waals surface area contributed by atoms with Gasteiger partial charge in [0.25, 0.3) is 0 Å². The molecule has 1 aromatic carbocycles. The first-order valence-electron chi connectivity index (χ1n) is 12.1. The van der Waals surface area contributed by atoms with Crippen molar-refractivity contribution in [1.82, 2.24) is 0 Å². The van der Waals surface area contributed by atoms with Crippen molar-refractivity contribution in [2.75, 3.05) is 0 Å². The van der Waals surface area contributed by atoms with E-state index >= 15 is 0 Å². The van der Waals surface area contributed by atoms with E-state index in [0.717, 1.165) is 0 Å². The molecule has 27 heavy (non-hydrogen) atoms. The predicted molar refractivity (Wildman–Crippen MR) is 124 cm³/mol. The Hall–Kier alpha value is -1.04. The fourth-order valence-electron chi connectivity index (χ4n) is 3.87. The van der Waals surface area contributed by atoms with Gasteiger partial charge in [-0.2, -0.15) is 0 Å². The molecule has 0 heteroatoms. The molecule has 0 aromatic heterocycles. The molecule has 0 atom stereocenters. The number of unbranched alkanes of at least 4 members (excludes halogenated alkanes) is 16. The van der Waals surface area contributed by atoms with Gasteiger partial charge in [0.2, 0.25) is 0 Å². The lowest BCUT2D eigenvalue weighted by molar-refractivity contribution is 0.527. The zero-order chi connectivity index (χ0) is 19.4. The molecule has 0 aliphatic rings. The van der Waals surface area contributed by atoms with Crippen LogP contribution in [-0.2, 0) is 6.42 Å². The minimum Gasteiger partial charge on any atom is -0.0985 e. The number of benzene rings is 1. The van der Waals surface area contributed by atoms with Crippen LogP contribution >= 0.6 is 0 Å². The zero-order valence-corrected chi connectivity index (χ0v) is 18.3. The molecule has 0 fully saturated rings. The maximum absolute atomic E-state index is 3.81. The van der Waals surface area contributed by atoms with Crippen molar-refractivity contribution in [2.45, 2.75) is 122 Å². The van der Waals surface area contributed by atoms with Gasteiger partial charge in [0.1, 0.15) is 0 Å². The summed E-state index contributed by atoms with van der Waals surface area (Å²) in [6.07, 6.45) is 27.7. The van der Waals surface area contributed by atoms with Gasteiger partial charge in [-0.25, -0.2) is 0 Å². The van der Waals surface area contributed by atoms with E-state index in [9.17, 15) is 0 Å². The summed E-state index contributed by atoms with van der Waals surface area (Å²) in [7, 11) is 0. The van der Waals surface area contributed by atoms with Crippen molar-refractivity contribution in [3.8, 4) is 0 Å². The molecule has 0 saturated heterocycles. The SMILES string of the molecule is C=Cc1ccc(CCCCCCCCCCCCCCCCCCC)cc1. The van der Waals surface area contributed by atoms with Gasteiger partial charge in [-0.1, -0.05) is 147 Å². The molecule has 0 aliphatic carbocycles. The number of hydrogen-bond acceptors (Lipinski definition) is 0. The topological polar surface area (TPSA) is 0 Å². The fraction of sp³-hybridized carbons (Fsp3) is 0.704. The Morgan fingerprint density at radius 1 is 0.556 bits per heavy atom. The van der Waals surface area contributed by atoms with Crippen LogP contribution in [-0.4, -0.2) is 0 Å². The lowest BCUT2D eigenvalue weighted by Gasteiger charge is -2.04. The first-order valence-corrected chi connectivity index (χ1v) is 12.1. The van der Waals surface area contributed by atoms with Crippen molar-refractivity contribution < 1.29 is 0 Å². The Morgan fingerprint density at radius 2 is 0.926 bits per heavy atom. The van der Waals surface area contributed by atoms with Crippen LogP contribution in [0.3, 0.4) is 0 Å². The second-order valence-electron chi connectivity index (χ2n) is 8.35. The Bertz CT molecular complexity index is 428. The number of aryl methyl sites for hydroxylation is 1. The van der Waals surface area contributed by atoms with Crippen LogP contribution in [0.15, 0.2) is 30.8 Å². The maximum Gasteiger partial charge on any atom is -0.0262 e. The molecule has 0 bridgehead atoms. The van der Waals surface area contributed by atoms with Crippen LogP contribution in [0.4, 0.5) is 0 Å². The van der Waals surface area contributed by atoms with E-state index in [1.807, 2.05) is 6.08 Å². The zero-order valence-electron chi connectivity index (χ0n) is 18.3. The molecule has 0 radical (unpaired) electrons. The van der Waals surface area contributed by atoms with Gasteiger partial charge in [0.05, 0.1) is 0 Å². The Labute approximate surface area is 170 Å². The van der Waals surface area contributed by atoms with Gasteiger partial charge in [-0.05, 0) is 24.0 Å². The molecular formula is C27H46. The van der Waals surface area contributed by atoms with Crippen LogP contribution in [0.5, 0.6) is 0 Å². The second-order valence-corrected chi connectivity index (χ2v) is 8.35. The number of hydrogen-bond donors (Lipinski definition) is 0. The summed E-state index contributed by atoms with van der Waals surface area (Å²) >= 11 is 0. The molecule has 0 amide bonds. The molecule has 0 unspecified atom stereocenters. The summed E-state index contributed by atoms with van der Waals surface area (Å²) in [6, 6.07) is 8.86. The molecule has 0 nitrogen and oxygen atoms in total. The van der Waals surface area contributed by atoms with E-state index in [1.54, 1.807) is 0 Å². The first kappa shape index (κ1) is 24.0. The van der Waals surface area contributed by atoms with E-state index in [1.165, 1.54) is 127 Å². The molecule has 0 N–H and O–H groups in total. The largest absolute Gasteiger partial charge is 0.0985 e. The predicted octanol–water partition coefficient (Wildman–Crippen LogP) is 9.52. The number of rotatable bonds is 19. The first-order chi connectivity index (χ1) is 13.4. The van der Waals surface area contributed by atoms with Gasteiger partial charge in [0, 0.05) is 0 Å². The van der Waals surface area contributed by atoms with E-state index in [0.29, 0.717) is 0 Å². The van der Waals surface area contributed by atoms with Crippen molar-refractivity contribution in [2.24, 2.45) is 0 Å². The normalized spacial score (nSPS) is 11.0. The molecule has 0 aliphatic heterocycles. The Kier molecular flexibility index (Phi) is 16.3. The molecule has 1 aromatic rings. The van der Waals surface area contributed by atoms with Crippen molar-refractivity contribution in [1.29, 1.82) is 0 Å². The summed E-state index contributed by atoms with van der Waals surface area (Å²) in [5.74, 6) is 0. The van der Waals surface area contributed by atoms with Gasteiger partial charge < -0.3 is 0 Å². The van der Waals surface area contributed by atoms with E-state index in [4.69, 9.17) is 0 Å². The van der Waals surface area contributed by atoms with Crippen molar-refractivity contribution in [3.63, 3.8) is 0 Å². The van der Waals surface area contributed by atoms with E-state index in [2.05, 4.69) is 37.8 Å². The van der Waals surface area contributed by atoms with Crippen LogP contribution in [0.1, 0.15) is 127 Å². The monoisotopic (exact) mass is 370 g/mol. The van der Waals surface area contributed by atoms with Crippen LogP contribution in [0, 0.1) is 0 Å². The summed E-state index contributed by atoms with van der Waals surface area (Å²) in [5, 5.41) is 0. The molecule has 0 heterocycles. The van der Waals surface area contributed by atoms with Gasteiger partial charge in [0.15, 0.2) is 0 Å². The fourth-order valence-corrected chi connectivity index (χ4v) is 3.87. The average molecular weight is 371 g/mol. The van der Waals surface area contributed by atoms with Gasteiger partial charge >= 0.3 is 0 Å². The highest BCUT2D eigenvalue weighted by Gasteiger charge is 1.96. The summed E-state index contributed by atoms with van der Waals surface area (Å²) in [5.41, 5.74) is 2.70. The molecule has 0 saturated carbocycles. The van der Waals surface area contributed by atoms with Crippen LogP contribution < -0.4 is 0 Å². The minimum atomic E-state index is 1.22. The van der Waals surface area contributed by atoms with Crippen molar-refractivity contribution >= 4 is 6.08 Å². The molecule has 0 spiro atoms. The van der Waals surface area contributed by atoms with Gasteiger partial charge in [-0.15, -0.1) is 0 Å². The lowest BCUT2D eigenvalue weighted by Crippen LogP contribution is -1.87. The lowest BCUT2D eigenvalue weighted by atomic mass is 10.0. The molecule has 1 rings (SSSR count). The standard InChI is InChI=1S/C27H46/c1-3-5-6-7-8-9-10-11-12-13-14-15-16-17-18-19-20-21-27-24-22-26(4-2)23-25-27/h4,22-25H,2-3,5-21H2,1H3. The summed E-state index contributed by atoms with van der Waals surface area (Å²) in [6.45, 7) is 6.11. The third-order valence-corrected chi connectivity index (χ3v) is 5.78. The Balaban J connectivity index is 1.76. The average Bonchev–Trinajstić information content (AvgIpc) is 2.70. The van der Waals surface area contributed by atoms with E-state index in [-0.39, 0.29) is 0 Å². The smallest absolute Gasteiger partial charge is 0.0262 e. The summed E-state index contributed by atoms with van der Waals surface area (Å²) < 4.78 is 0. The second kappa shape index (κ2) is 18.3. The third-order valence-electron chi connectivity index (χ3n) is 5.78. The van der Waals surface area contributed by atoms with Crippen LogP contribution in [0.25, 0.3) is 6.08 Å². The van der Waals surface area contributed by atoms with Crippen molar-refractivity contribution in [3.05, 3.63) is 42.0 Å². The highest BCUT2D eigenvalue weighted by Crippen LogP contribution is 2.15. The summed E-state index contributed by atoms with van der Waals surface area (Å²) in [4.78, 5) is 0.